The van der Waals surface area contributed by atoms with Crippen LogP contribution in [0.15, 0.2) is 109 Å². The van der Waals surface area contributed by atoms with Crippen molar-refractivity contribution in [1.82, 2.24) is 0 Å². The van der Waals surface area contributed by atoms with Crippen molar-refractivity contribution in [3.8, 4) is 45.3 Å². The topological polar surface area (TPSA) is 65.4 Å². The number of aromatic hydroxyl groups is 2. The molecule has 42 heavy (non-hydrogen) atoms. The molecule has 0 bridgehead atoms. The molecule has 0 atom stereocenters. The lowest BCUT2D eigenvalue weighted by molar-refractivity contribution is 0.289. The van der Waals surface area contributed by atoms with Crippen LogP contribution in [0, 0.1) is 0 Å². The van der Waals surface area contributed by atoms with Crippen LogP contribution in [0.5, 0.6) is 23.0 Å². The highest BCUT2D eigenvalue weighted by Crippen LogP contribution is 2.44. The van der Waals surface area contributed by atoms with E-state index < -0.39 is 0 Å². The highest BCUT2D eigenvalue weighted by molar-refractivity contribution is 5.91. The Morgan fingerprint density at radius 2 is 0.881 bits per heavy atom. The molecule has 2 N–H and O–H groups in total. The van der Waals surface area contributed by atoms with Crippen LogP contribution in [0.1, 0.15) is 11.1 Å². The van der Waals surface area contributed by atoms with Gasteiger partial charge in [-0.15, -0.1) is 0 Å². The Labute approximate surface area is 247 Å². The van der Waals surface area contributed by atoms with Crippen LogP contribution in [-0.2, 0) is 13.2 Å². The van der Waals surface area contributed by atoms with Crippen LogP contribution in [-0.4, -0.2) is 38.4 Å². The summed E-state index contributed by atoms with van der Waals surface area (Å²) in [6.07, 6.45) is 0. The molecule has 0 spiro atoms. The molecule has 0 amide bonds. The average molecular weight is 561 g/mol. The SMILES string of the molecule is CN(C)c1cc(-c2ccc(OCc3ccccc3)c(O)c2)c(N(C)C)cc1-c1ccc(OCc2ccccc2)c(O)c1. The first-order valence-electron chi connectivity index (χ1n) is 13.8. The van der Waals surface area contributed by atoms with Gasteiger partial charge < -0.3 is 29.5 Å². The summed E-state index contributed by atoms with van der Waals surface area (Å²) in [6, 6.07) is 35.0. The number of phenolic OH excluding ortho intramolecular Hbond substituents is 2. The molecule has 6 heteroatoms. The number of ether oxygens (including phenoxy) is 2. The standard InChI is InChI=1S/C36H36N2O4/c1-37(2)31-21-30(28-16-18-36(34(40)20-28)42-24-26-13-9-6-10-14-26)32(38(3)4)22-29(31)27-15-17-35(33(39)19-27)41-23-25-11-7-5-8-12-25/h5-22,39-40H,23-24H2,1-4H3. The highest BCUT2D eigenvalue weighted by Gasteiger charge is 2.18. The molecule has 5 aromatic rings. The summed E-state index contributed by atoms with van der Waals surface area (Å²) in [4.78, 5) is 4.10. The third-order valence-corrected chi connectivity index (χ3v) is 7.09. The van der Waals surface area contributed by atoms with Crippen molar-refractivity contribution >= 4 is 11.4 Å². The van der Waals surface area contributed by atoms with Crippen LogP contribution >= 0.6 is 0 Å². The molecule has 5 rings (SSSR count). The zero-order valence-corrected chi connectivity index (χ0v) is 24.4. The molecule has 6 nitrogen and oxygen atoms in total. The minimum atomic E-state index is 0.0830. The third kappa shape index (κ3) is 6.44. The van der Waals surface area contributed by atoms with Gasteiger partial charge in [-0.3, -0.25) is 0 Å². The molecule has 0 unspecified atom stereocenters. The molecule has 0 radical (unpaired) electrons. The fourth-order valence-corrected chi connectivity index (χ4v) is 4.86. The number of nitrogens with zero attached hydrogens (tertiary/aromatic N) is 2. The Hall–Kier alpha value is -5.10. The number of phenols is 2. The molecule has 0 saturated carbocycles. The van der Waals surface area contributed by atoms with E-state index in [2.05, 4.69) is 12.1 Å². The van der Waals surface area contributed by atoms with Gasteiger partial charge in [-0.05, 0) is 58.7 Å². The van der Waals surface area contributed by atoms with Crippen LogP contribution in [0.3, 0.4) is 0 Å². The van der Waals surface area contributed by atoms with Gasteiger partial charge in [0, 0.05) is 50.7 Å². The minimum Gasteiger partial charge on any atom is -0.504 e. The fourth-order valence-electron chi connectivity index (χ4n) is 4.86. The lowest BCUT2D eigenvalue weighted by Crippen LogP contribution is -2.14. The summed E-state index contributed by atoms with van der Waals surface area (Å²) in [5, 5.41) is 21.7. The predicted molar refractivity (Wildman–Crippen MR) is 171 cm³/mol. The molecule has 0 aromatic heterocycles. The third-order valence-electron chi connectivity index (χ3n) is 7.09. The van der Waals surface area contributed by atoms with E-state index in [0.29, 0.717) is 24.7 Å². The maximum Gasteiger partial charge on any atom is 0.161 e. The van der Waals surface area contributed by atoms with E-state index in [1.807, 2.05) is 123 Å². The lowest BCUT2D eigenvalue weighted by atomic mass is 9.95. The first-order valence-corrected chi connectivity index (χ1v) is 13.8. The Balaban J connectivity index is 1.46. The molecule has 0 aliphatic rings. The fraction of sp³-hybridized carbons (Fsp3) is 0.167. The molecule has 0 saturated heterocycles. The zero-order chi connectivity index (χ0) is 29.6. The van der Waals surface area contributed by atoms with Gasteiger partial charge in [0.1, 0.15) is 13.2 Å². The van der Waals surface area contributed by atoms with Gasteiger partial charge in [0.05, 0.1) is 0 Å². The van der Waals surface area contributed by atoms with Crippen molar-refractivity contribution in [2.45, 2.75) is 13.2 Å². The van der Waals surface area contributed by atoms with Crippen LogP contribution in [0.2, 0.25) is 0 Å². The van der Waals surface area contributed by atoms with Crippen LogP contribution in [0.25, 0.3) is 22.3 Å². The summed E-state index contributed by atoms with van der Waals surface area (Å²) >= 11 is 0. The molecule has 0 heterocycles. The summed E-state index contributed by atoms with van der Waals surface area (Å²) in [6.45, 7) is 0.748. The second-order valence-corrected chi connectivity index (χ2v) is 10.6. The van der Waals surface area contributed by atoms with Crippen molar-refractivity contribution in [1.29, 1.82) is 0 Å². The number of benzene rings is 5. The van der Waals surface area contributed by atoms with Crippen LogP contribution < -0.4 is 19.3 Å². The van der Waals surface area contributed by atoms with E-state index in [-0.39, 0.29) is 11.5 Å². The summed E-state index contributed by atoms with van der Waals surface area (Å²) < 4.78 is 11.8. The van der Waals surface area contributed by atoms with Crippen molar-refractivity contribution < 1.29 is 19.7 Å². The zero-order valence-electron chi connectivity index (χ0n) is 24.4. The monoisotopic (exact) mass is 560 g/mol. The highest BCUT2D eigenvalue weighted by atomic mass is 16.5. The maximum absolute atomic E-state index is 10.9. The van der Waals surface area contributed by atoms with Crippen molar-refractivity contribution in [2.75, 3.05) is 38.0 Å². The first-order chi connectivity index (χ1) is 20.3. The Kier molecular flexibility index (Phi) is 8.53. The molecular weight excluding hydrogens is 524 g/mol. The van der Waals surface area contributed by atoms with E-state index in [1.165, 1.54) is 0 Å². The molecule has 214 valence electrons. The lowest BCUT2D eigenvalue weighted by Gasteiger charge is -2.25. The average Bonchev–Trinajstić information content (AvgIpc) is 3.00. The van der Waals surface area contributed by atoms with Gasteiger partial charge in [0.2, 0.25) is 0 Å². The van der Waals surface area contributed by atoms with E-state index in [1.54, 1.807) is 12.1 Å². The Bertz CT molecular complexity index is 1530. The normalized spacial score (nSPS) is 10.8. The quantitative estimate of drug-likeness (QED) is 0.182. The summed E-state index contributed by atoms with van der Waals surface area (Å²) in [5.74, 6) is 1.03. The van der Waals surface area contributed by atoms with Gasteiger partial charge in [-0.2, -0.15) is 0 Å². The van der Waals surface area contributed by atoms with Gasteiger partial charge >= 0.3 is 0 Å². The number of hydrogen-bond donors (Lipinski definition) is 2. The van der Waals surface area contributed by atoms with E-state index in [4.69, 9.17) is 9.47 Å². The van der Waals surface area contributed by atoms with Gasteiger partial charge in [0.15, 0.2) is 23.0 Å². The number of rotatable bonds is 10. The smallest absolute Gasteiger partial charge is 0.161 e. The molecular formula is C36H36N2O4. The van der Waals surface area contributed by atoms with Gasteiger partial charge in [0.25, 0.3) is 0 Å². The largest absolute Gasteiger partial charge is 0.504 e. The second kappa shape index (κ2) is 12.6. The maximum atomic E-state index is 10.9. The first kappa shape index (κ1) is 28.4. The second-order valence-electron chi connectivity index (χ2n) is 10.6. The van der Waals surface area contributed by atoms with E-state index >= 15 is 0 Å². The van der Waals surface area contributed by atoms with Crippen molar-refractivity contribution in [3.05, 3.63) is 120 Å². The Morgan fingerprint density at radius 1 is 0.500 bits per heavy atom. The van der Waals surface area contributed by atoms with Crippen LogP contribution in [0.4, 0.5) is 11.4 Å². The van der Waals surface area contributed by atoms with E-state index in [9.17, 15) is 10.2 Å². The molecule has 0 fully saturated rings. The summed E-state index contributed by atoms with van der Waals surface area (Å²) in [5.41, 5.74) is 7.66. The molecule has 0 aliphatic heterocycles. The molecule has 0 aliphatic carbocycles. The summed E-state index contributed by atoms with van der Waals surface area (Å²) in [7, 11) is 7.97. The Morgan fingerprint density at radius 3 is 1.21 bits per heavy atom. The van der Waals surface area contributed by atoms with E-state index in [0.717, 1.165) is 44.8 Å². The predicted octanol–water partition coefficient (Wildman–Crippen LogP) is 7.72. The minimum absolute atomic E-state index is 0.0830. The van der Waals surface area contributed by atoms with Gasteiger partial charge in [-0.25, -0.2) is 0 Å². The number of hydrogen-bond acceptors (Lipinski definition) is 6. The molecule has 5 aromatic carbocycles. The van der Waals surface area contributed by atoms with Crippen molar-refractivity contribution in [3.63, 3.8) is 0 Å². The number of anilines is 2. The van der Waals surface area contributed by atoms with Crippen molar-refractivity contribution in [2.24, 2.45) is 0 Å². The van der Waals surface area contributed by atoms with Gasteiger partial charge in [-0.1, -0.05) is 72.8 Å².